The molecule has 9 rings (SSSR count). The average molecular weight is 959 g/mol. The maximum atomic E-state index is 7.35. The SMILES string of the molecule is C=CCO[C@@H]1O[C@H](C)[C@H](O[C@@H]2OC[C@@H](OCc3ccccc3)C(O[C@@H]3OC[C@@H](OCc4ccccc4)C(OCc4ccccc4)C3OCc3ccccc3)C2OCc2ccccc2)C2OC(C)(C)OC21. The smallest absolute Gasteiger partial charge is 0.187 e. The molecular weight excluding hydrogens is 893 g/mol. The van der Waals surface area contributed by atoms with E-state index in [1.807, 2.05) is 172 Å². The molecule has 0 N–H and O–H groups in total. The minimum absolute atomic E-state index is 0.0936. The molecule has 0 radical (unpaired) electrons. The van der Waals surface area contributed by atoms with E-state index in [9.17, 15) is 0 Å². The summed E-state index contributed by atoms with van der Waals surface area (Å²) in [5.41, 5.74) is 4.94. The highest BCUT2D eigenvalue weighted by Gasteiger charge is 2.58. The van der Waals surface area contributed by atoms with E-state index >= 15 is 0 Å². The monoisotopic (exact) mass is 958 g/mol. The molecule has 0 aliphatic carbocycles. The van der Waals surface area contributed by atoms with E-state index in [4.69, 9.17) is 61.6 Å². The van der Waals surface area contributed by atoms with Crippen LogP contribution in [0.25, 0.3) is 0 Å². The van der Waals surface area contributed by atoms with Gasteiger partial charge in [0.05, 0.1) is 59.0 Å². The summed E-state index contributed by atoms with van der Waals surface area (Å²) in [7, 11) is 0. The molecule has 4 fully saturated rings. The molecule has 0 spiro atoms. The van der Waals surface area contributed by atoms with Crippen molar-refractivity contribution in [2.45, 2.75) is 140 Å². The Hall–Kier alpha value is -4.68. The fourth-order valence-electron chi connectivity index (χ4n) is 9.29. The van der Waals surface area contributed by atoms with Crippen molar-refractivity contribution in [1.82, 2.24) is 0 Å². The Morgan fingerprint density at radius 1 is 0.457 bits per heavy atom. The Kier molecular flexibility index (Phi) is 17.7. The van der Waals surface area contributed by atoms with Crippen LogP contribution < -0.4 is 0 Å². The molecule has 0 saturated carbocycles. The predicted molar refractivity (Wildman–Crippen MR) is 259 cm³/mol. The van der Waals surface area contributed by atoms with Crippen LogP contribution in [-0.4, -0.2) is 106 Å². The van der Waals surface area contributed by atoms with E-state index in [0.717, 1.165) is 27.8 Å². The molecule has 5 aromatic rings. The summed E-state index contributed by atoms with van der Waals surface area (Å²) in [6.07, 6.45) is -7.73. The summed E-state index contributed by atoms with van der Waals surface area (Å²) < 4.78 is 87.7. The number of hydrogen-bond acceptors (Lipinski definition) is 13. The van der Waals surface area contributed by atoms with Gasteiger partial charge in [0, 0.05) is 0 Å². The summed E-state index contributed by atoms with van der Waals surface area (Å²) in [4.78, 5) is 0. The maximum Gasteiger partial charge on any atom is 0.187 e. The molecular formula is C57H66O13. The summed E-state index contributed by atoms with van der Waals surface area (Å²) in [6, 6.07) is 50.1. The molecule has 13 heteroatoms. The van der Waals surface area contributed by atoms with Gasteiger partial charge in [-0.05, 0) is 48.6 Å². The molecule has 0 aromatic heterocycles. The Morgan fingerprint density at radius 2 is 0.829 bits per heavy atom. The van der Waals surface area contributed by atoms with E-state index in [-0.39, 0.29) is 39.6 Å². The van der Waals surface area contributed by atoms with Crippen molar-refractivity contribution >= 4 is 0 Å². The summed E-state index contributed by atoms with van der Waals surface area (Å²) in [6.45, 7) is 11.4. The van der Waals surface area contributed by atoms with Gasteiger partial charge in [0.1, 0.15) is 54.9 Å². The van der Waals surface area contributed by atoms with Crippen molar-refractivity contribution in [1.29, 1.82) is 0 Å². The van der Waals surface area contributed by atoms with Crippen molar-refractivity contribution in [3.05, 3.63) is 192 Å². The van der Waals surface area contributed by atoms with Crippen molar-refractivity contribution in [3.63, 3.8) is 0 Å². The first-order valence-electron chi connectivity index (χ1n) is 24.4. The fraction of sp³-hybridized carbons (Fsp3) is 0.439. The number of benzene rings is 5. The summed E-state index contributed by atoms with van der Waals surface area (Å²) in [5, 5.41) is 0. The quantitative estimate of drug-likeness (QED) is 0.0616. The van der Waals surface area contributed by atoms with Crippen LogP contribution in [0.2, 0.25) is 0 Å². The molecule has 4 aliphatic heterocycles. The fourth-order valence-corrected chi connectivity index (χ4v) is 9.29. The highest BCUT2D eigenvalue weighted by atomic mass is 16.8. The van der Waals surface area contributed by atoms with Crippen LogP contribution >= 0.6 is 0 Å². The third-order valence-electron chi connectivity index (χ3n) is 12.8. The Balaban J connectivity index is 1.05. The van der Waals surface area contributed by atoms with Crippen molar-refractivity contribution < 1.29 is 61.6 Å². The van der Waals surface area contributed by atoms with E-state index in [2.05, 4.69) is 6.58 Å². The van der Waals surface area contributed by atoms with E-state index in [1.54, 1.807) is 6.08 Å². The zero-order chi connectivity index (χ0) is 48.1. The van der Waals surface area contributed by atoms with E-state index < -0.39 is 85.7 Å². The zero-order valence-electron chi connectivity index (χ0n) is 40.2. The largest absolute Gasteiger partial charge is 0.368 e. The molecule has 5 aromatic carbocycles. The second-order valence-corrected chi connectivity index (χ2v) is 18.5. The van der Waals surface area contributed by atoms with Gasteiger partial charge in [-0.3, -0.25) is 0 Å². The van der Waals surface area contributed by atoms with Gasteiger partial charge < -0.3 is 61.6 Å². The lowest BCUT2D eigenvalue weighted by atomic mass is 9.98. The Morgan fingerprint density at radius 3 is 1.27 bits per heavy atom. The first-order valence-corrected chi connectivity index (χ1v) is 24.4. The highest BCUT2D eigenvalue weighted by molar-refractivity contribution is 5.17. The number of ether oxygens (including phenoxy) is 13. The van der Waals surface area contributed by atoms with Crippen LogP contribution in [0.5, 0.6) is 0 Å². The van der Waals surface area contributed by atoms with Crippen LogP contribution in [0.1, 0.15) is 48.6 Å². The molecule has 70 heavy (non-hydrogen) atoms. The molecule has 13 nitrogen and oxygen atoms in total. The van der Waals surface area contributed by atoms with Gasteiger partial charge in [0.2, 0.25) is 0 Å². The minimum Gasteiger partial charge on any atom is -0.368 e. The molecule has 13 atom stereocenters. The molecule has 4 aliphatic rings. The van der Waals surface area contributed by atoms with E-state index in [1.165, 1.54) is 0 Å². The van der Waals surface area contributed by atoms with Crippen LogP contribution in [0.3, 0.4) is 0 Å². The summed E-state index contributed by atoms with van der Waals surface area (Å²) >= 11 is 0. The normalized spacial score (nSPS) is 30.6. The van der Waals surface area contributed by atoms with Gasteiger partial charge in [-0.2, -0.15) is 0 Å². The number of rotatable bonds is 22. The number of fused-ring (bicyclic) bond motifs is 1. The highest BCUT2D eigenvalue weighted by Crippen LogP contribution is 2.41. The van der Waals surface area contributed by atoms with Gasteiger partial charge >= 0.3 is 0 Å². The van der Waals surface area contributed by atoms with Gasteiger partial charge in [0.25, 0.3) is 0 Å². The topological polar surface area (TPSA) is 120 Å². The third kappa shape index (κ3) is 13.2. The second-order valence-electron chi connectivity index (χ2n) is 18.5. The standard InChI is InChI=1S/C57H66O13/c1-5-31-58-56-53-50(69-57(3,4)70-53)47(39(2)66-56)67-55-52(63-36-44-29-19-10-20-30-44)49(46(38-65-55)60-33-41-23-13-7-14-24-41)68-54-51(62-35-43-27-17-9-18-28-43)48(61-34-42-25-15-8-16-26-42)45(37-64-54)59-32-40-21-11-6-12-22-40/h5-30,39,45-56H,1,31-38H2,2-4H3/t39-,45-,46-,47+,48?,49?,50?,51?,52?,53?,54+,55+,56-/m1/s1. The van der Waals surface area contributed by atoms with Crippen molar-refractivity contribution in [3.8, 4) is 0 Å². The lowest BCUT2D eigenvalue weighted by Gasteiger charge is -2.48. The van der Waals surface area contributed by atoms with Gasteiger partial charge in [0.15, 0.2) is 24.7 Å². The van der Waals surface area contributed by atoms with Crippen LogP contribution in [-0.2, 0) is 94.6 Å². The molecule has 6 unspecified atom stereocenters. The molecule has 0 bridgehead atoms. The second kappa shape index (κ2) is 24.6. The van der Waals surface area contributed by atoms with E-state index in [0.29, 0.717) is 13.2 Å². The Bertz CT molecular complexity index is 2290. The molecule has 372 valence electrons. The molecule has 4 saturated heterocycles. The predicted octanol–water partition coefficient (Wildman–Crippen LogP) is 8.86. The van der Waals surface area contributed by atoms with Gasteiger partial charge in [-0.25, -0.2) is 0 Å². The summed E-state index contributed by atoms with van der Waals surface area (Å²) in [5.74, 6) is -0.937. The van der Waals surface area contributed by atoms with Gasteiger partial charge in [-0.15, -0.1) is 6.58 Å². The first-order chi connectivity index (χ1) is 34.3. The first kappa shape index (κ1) is 50.3. The van der Waals surface area contributed by atoms with Gasteiger partial charge in [-0.1, -0.05) is 158 Å². The molecule has 0 amide bonds. The maximum absolute atomic E-state index is 7.35. The number of hydrogen-bond donors (Lipinski definition) is 0. The lowest BCUT2D eigenvalue weighted by Crippen LogP contribution is -2.64. The lowest BCUT2D eigenvalue weighted by molar-refractivity contribution is -0.368. The zero-order valence-corrected chi connectivity index (χ0v) is 40.2. The molecule has 4 heterocycles. The Labute approximate surface area is 411 Å². The van der Waals surface area contributed by atoms with Crippen LogP contribution in [0, 0.1) is 0 Å². The minimum atomic E-state index is -1.00. The third-order valence-corrected chi connectivity index (χ3v) is 12.8. The van der Waals surface area contributed by atoms with Crippen LogP contribution in [0.15, 0.2) is 164 Å². The average Bonchev–Trinajstić information content (AvgIpc) is 3.73. The van der Waals surface area contributed by atoms with Crippen molar-refractivity contribution in [2.24, 2.45) is 0 Å². The van der Waals surface area contributed by atoms with Crippen molar-refractivity contribution in [2.75, 3.05) is 19.8 Å². The van der Waals surface area contributed by atoms with Crippen LogP contribution in [0.4, 0.5) is 0 Å².